The lowest BCUT2D eigenvalue weighted by Crippen LogP contribution is -2.21. The zero-order chi connectivity index (χ0) is 20.5. The van der Waals surface area contributed by atoms with Crippen LogP contribution in [0.2, 0.25) is 5.02 Å². The molecule has 0 bridgehead atoms. The number of ether oxygens (including phenoxy) is 2. The number of nitrogens with zero attached hydrogens (tertiary/aromatic N) is 3. The molecule has 8 heteroatoms. The third-order valence-electron chi connectivity index (χ3n) is 5.46. The minimum atomic E-state index is 0. The summed E-state index contributed by atoms with van der Waals surface area (Å²) in [6.07, 6.45) is 2.07. The standard InChI is InChI=1S/C22H27ClN4O2.ClH/c1-5-14(6-2)24-21-17-11-28-12-19(17)25-22-20(13(4)26-27(21)22)16-9-8-15(29-7-3)10-18(16)23;/h8-10,14,24H,5-7,11-12H2,1-4H3;1H. The number of aromatic nitrogens is 3. The van der Waals surface area contributed by atoms with E-state index in [4.69, 9.17) is 31.2 Å². The van der Waals surface area contributed by atoms with E-state index in [2.05, 4.69) is 19.2 Å². The summed E-state index contributed by atoms with van der Waals surface area (Å²) in [7, 11) is 0. The van der Waals surface area contributed by atoms with Crippen LogP contribution in [0.3, 0.4) is 0 Å². The normalized spacial score (nSPS) is 12.9. The van der Waals surface area contributed by atoms with E-state index in [1.165, 1.54) is 0 Å². The fourth-order valence-electron chi connectivity index (χ4n) is 3.86. The van der Waals surface area contributed by atoms with Gasteiger partial charge >= 0.3 is 0 Å². The number of nitrogens with one attached hydrogen (secondary N) is 1. The van der Waals surface area contributed by atoms with Crippen molar-refractivity contribution in [2.45, 2.75) is 59.8 Å². The first kappa shape index (κ1) is 22.7. The first-order chi connectivity index (χ1) is 14.1. The average Bonchev–Trinajstić information content (AvgIpc) is 3.30. The van der Waals surface area contributed by atoms with Crippen molar-refractivity contribution < 1.29 is 9.47 Å². The molecular formula is C22H28Cl2N4O2. The van der Waals surface area contributed by atoms with E-state index in [9.17, 15) is 0 Å². The Balaban J connectivity index is 0.00000256. The van der Waals surface area contributed by atoms with E-state index >= 15 is 0 Å². The first-order valence-electron chi connectivity index (χ1n) is 10.2. The highest BCUT2D eigenvalue weighted by Gasteiger charge is 2.26. The Hall–Kier alpha value is -2.02. The maximum absolute atomic E-state index is 6.63. The van der Waals surface area contributed by atoms with Crippen molar-refractivity contribution in [1.29, 1.82) is 0 Å². The van der Waals surface area contributed by atoms with E-state index in [-0.39, 0.29) is 12.4 Å². The second-order valence-corrected chi connectivity index (χ2v) is 7.71. The van der Waals surface area contributed by atoms with Crippen LogP contribution >= 0.6 is 24.0 Å². The summed E-state index contributed by atoms with van der Waals surface area (Å²) in [5.74, 6) is 1.74. The second kappa shape index (κ2) is 9.41. The van der Waals surface area contributed by atoms with Crippen molar-refractivity contribution in [3.8, 4) is 16.9 Å². The number of rotatable bonds is 7. The molecule has 1 N–H and O–H groups in total. The predicted octanol–water partition coefficient (Wildman–Crippen LogP) is 5.81. The molecule has 0 saturated heterocycles. The van der Waals surface area contributed by atoms with Gasteiger partial charge in [-0.1, -0.05) is 25.4 Å². The molecule has 0 saturated carbocycles. The van der Waals surface area contributed by atoms with Gasteiger partial charge in [0, 0.05) is 17.2 Å². The van der Waals surface area contributed by atoms with Gasteiger partial charge in [0.05, 0.1) is 41.8 Å². The molecule has 6 nitrogen and oxygen atoms in total. The Kier molecular flexibility index (Phi) is 7.11. The Morgan fingerprint density at radius 2 is 2.00 bits per heavy atom. The highest BCUT2D eigenvalue weighted by molar-refractivity contribution is 6.33. The molecular weight excluding hydrogens is 423 g/mol. The van der Waals surface area contributed by atoms with Crippen LogP contribution in [0.15, 0.2) is 18.2 Å². The zero-order valence-electron chi connectivity index (χ0n) is 17.8. The number of halogens is 2. The summed E-state index contributed by atoms with van der Waals surface area (Å²) in [6.45, 7) is 10.0. The van der Waals surface area contributed by atoms with E-state index in [1.54, 1.807) is 0 Å². The van der Waals surface area contributed by atoms with Crippen LogP contribution < -0.4 is 10.1 Å². The van der Waals surface area contributed by atoms with Gasteiger partial charge in [-0.25, -0.2) is 4.98 Å². The number of hydrogen-bond donors (Lipinski definition) is 1. The lowest BCUT2D eigenvalue weighted by atomic mass is 10.1. The minimum Gasteiger partial charge on any atom is -0.494 e. The highest BCUT2D eigenvalue weighted by atomic mass is 35.5. The monoisotopic (exact) mass is 450 g/mol. The second-order valence-electron chi connectivity index (χ2n) is 7.31. The van der Waals surface area contributed by atoms with E-state index in [1.807, 2.05) is 36.6 Å². The summed E-state index contributed by atoms with van der Waals surface area (Å²) in [4.78, 5) is 4.92. The van der Waals surface area contributed by atoms with Gasteiger partial charge in [0.2, 0.25) is 0 Å². The lowest BCUT2D eigenvalue weighted by Gasteiger charge is -2.19. The van der Waals surface area contributed by atoms with E-state index in [0.29, 0.717) is 30.9 Å². The summed E-state index contributed by atoms with van der Waals surface area (Å²) < 4.78 is 13.2. The summed E-state index contributed by atoms with van der Waals surface area (Å²) in [5.41, 5.74) is 5.60. The molecule has 0 unspecified atom stereocenters. The Labute approximate surface area is 188 Å². The van der Waals surface area contributed by atoms with Crippen LogP contribution in [0, 0.1) is 6.92 Å². The van der Waals surface area contributed by atoms with Gasteiger partial charge < -0.3 is 14.8 Å². The molecule has 30 heavy (non-hydrogen) atoms. The van der Waals surface area contributed by atoms with E-state index in [0.717, 1.165) is 58.1 Å². The first-order valence-corrected chi connectivity index (χ1v) is 10.6. The Bertz CT molecular complexity index is 1050. The van der Waals surface area contributed by atoms with Crippen LogP contribution in [0.4, 0.5) is 5.82 Å². The van der Waals surface area contributed by atoms with Gasteiger partial charge in [-0.3, -0.25) is 0 Å². The molecule has 0 atom stereocenters. The van der Waals surface area contributed by atoms with Crippen molar-refractivity contribution in [2.75, 3.05) is 11.9 Å². The fraction of sp³-hybridized carbons (Fsp3) is 0.455. The molecule has 1 aliphatic rings. The SMILES string of the molecule is CCOc1ccc(-c2c(C)nn3c(NC(CC)CC)c4c(nc23)COC4)c(Cl)c1.Cl. The minimum absolute atomic E-state index is 0. The predicted molar refractivity (Wildman–Crippen MR) is 123 cm³/mol. The smallest absolute Gasteiger partial charge is 0.165 e. The molecule has 1 aliphatic heterocycles. The summed E-state index contributed by atoms with van der Waals surface area (Å²) >= 11 is 6.63. The average molecular weight is 451 g/mol. The maximum atomic E-state index is 6.63. The maximum Gasteiger partial charge on any atom is 0.165 e. The quantitative estimate of drug-likeness (QED) is 0.491. The van der Waals surface area contributed by atoms with Crippen molar-refractivity contribution in [2.24, 2.45) is 0 Å². The molecule has 0 spiro atoms. The van der Waals surface area contributed by atoms with Gasteiger partial charge in [-0.2, -0.15) is 9.61 Å². The molecule has 3 heterocycles. The Morgan fingerprint density at radius 1 is 1.23 bits per heavy atom. The molecule has 3 aromatic rings. The van der Waals surface area contributed by atoms with Gasteiger partial charge in [-0.15, -0.1) is 12.4 Å². The van der Waals surface area contributed by atoms with Gasteiger partial charge in [0.25, 0.3) is 0 Å². The van der Waals surface area contributed by atoms with E-state index < -0.39 is 0 Å². The zero-order valence-corrected chi connectivity index (χ0v) is 19.4. The number of anilines is 1. The molecule has 0 fully saturated rings. The molecule has 162 valence electrons. The Morgan fingerprint density at radius 3 is 2.67 bits per heavy atom. The van der Waals surface area contributed by atoms with Gasteiger partial charge in [-0.05, 0) is 44.9 Å². The molecule has 0 aliphatic carbocycles. The lowest BCUT2D eigenvalue weighted by molar-refractivity contribution is 0.133. The van der Waals surface area contributed by atoms with Crippen molar-refractivity contribution in [1.82, 2.24) is 14.6 Å². The van der Waals surface area contributed by atoms with Crippen LogP contribution in [-0.2, 0) is 18.0 Å². The molecule has 4 rings (SSSR count). The molecule has 0 radical (unpaired) electrons. The number of hydrogen-bond acceptors (Lipinski definition) is 5. The van der Waals surface area contributed by atoms with Gasteiger partial charge in [0.1, 0.15) is 11.6 Å². The molecule has 1 aromatic carbocycles. The molecule has 0 amide bonds. The third-order valence-corrected chi connectivity index (χ3v) is 5.77. The summed E-state index contributed by atoms with van der Waals surface area (Å²) in [6, 6.07) is 6.14. The fourth-order valence-corrected chi connectivity index (χ4v) is 4.12. The van der Waals surface area contributed by atoms with Crippen LogP contribution in [0.5, 0.6) is 5.75 Å². The highest BCUT2D eigenvalue weighted by Crippen LogP contribution is 2.38. The van der Waals surface area contributed by atoms with Gasteiger partial charge in [0.15, 0.2) is 5.65 Å². The number of fused-ring (bicyclic) bond motifs is 2. The van der Waals surface area contributed by atoms with Crippen molar-refractivity contribution in [3.05, 3.63) is 40.2 Å². The van der Waals surface area contributed by atoms with Crippen LogP contribution in [0.25, 0.3) is 16.8 Å². The summed E-state index contributed by atoms with van der Waals surface area (Å²) in [5, 5.41) is 9.14. The topological polar surface area (TPSA) is 60.7 Å². The van der Waals surface area contributed by atoms with Crippen LogP contribution in [0.1, 0.15) is 50.6 Å². The van der Waals surface area contributed by atoms with Crippen molar-refractivity contribution in [3.63, 3.8) is 0 Å². The number of aryl methyl sites for hydroxylation is 1. The van der Waals surface area contributed by atoms with Crippen LogP contribution in [-0.4, -0.2) is 27.2 Å². The number of benzene rings is 1. The van der Waals surface area contributed by atoms with Crippen molar-refractivity contribution >= 4 is 35.5 Å². The largest absolute Gasteiger partial charge is 0.494 e. The third kappa shape index (κ3) is 3.96. The molecule has 2 aromatic heterocycles.